The van der Waals surface area contributed by atoms with Crippen molar-refractivity contribution in [1.82, 2.24) is 5.32 Å². The molecule has 0 spiro atoms. The van der Waals surface area contributed by atoms with E-state index in [1.807, 2.05) is 30.3 Å². The van der Waals surface area contributed by atoms with Gasteiger partial charge in [0.05, 0.1) is 19.8 Å². The summed E-state index contributed by atoms with van der Waals surface area (Å²) < 4.78 is 18.8. The lowest BCUT2D eigenvalue weighted by atomic mass is 10.1. The van der Waals surface area contributed by atoms with Crippen LogP contribution in [-0.4, -0.2) is 18.8 Å². The van der Waals surface area contributed by atoms with Crippen molar-refractivity contribution in [2.24, 2.45) is 0 Å². The van der Waals surface area contributed by atoms with Crippen LogP contribution < -0.4 is 10.1 Å². The molecule has 2 aromatic rings. The number of methoxy groups -OCH3 is 1. The molecule has 0 radical (unpaired) electrons. The van der Waals surface area contributed by atoms with Crippen LogP contribution in [0.3, 0.4) is 0 Å². The molecular formula is C16H18FNO2. The second kappa shape index (κ2) is 7.03. The summed E-state index contributed by atoms with van der Waals surface area (Å²) in [7, 11) is 1.50. The zero-order chi connectivity index (χ0) is 14.4. The van der Waals surface area contributed by atoms with Crippen molar-refractivity contribution in [2.45, 2.75) is 12.6 Å². The molecule has 3 nitrogen and oxygen atoms in total. The molecule has 20 heavy (non-hydrogen) atoms. The van der Waals surface area contributed by atoms with Crippen molar-refractivity contribution < 1.29 is 14.2 Å². The van der Waals surface area contributed by atoms with Crippen LogP contribution in [-0.2, 0) is 6.54 Å². The van der Waals surface area contributed by atoms with E-state index in [2.05, 4.69) is 5.32 Å². The third-order valence-electron chi connectivity index (χ3n) is 3.18. The minimum absolute atomic E-state index is 0.0399. The topological polar surface area (TPSA) is 41.5 Å². The molecule has 1 atom stereocenters. The predicted molar refractivity (Wildman–Crippen MR) is 76.1 cm³/mol. The van der Waals surface area contributed by atoms with E-state index in [1.165, 1.54) is 13.2 Å². The standard InChI is InChI=1S/C16H18FNO2/c1-20-14-8-7-13(15(17)9-14)10-18-16(11-19)12-5-3-2-4-6-12/h2-9,16,18-19H,10-11H2,1H3. The normalized spacial score (nSPS) is 12.2. The van der Waals surface area contributed by atoms with Crippen molar-refractivity contribution in [1.29, 1.82) is 0 Å². The van der Waals surface area contributed by atoms with E-state index in [1.54, 1.807) is 12.1 Å². The van der Waals surface area contributed by atoms with E-state index in [9.17, 15) is 9.50 Å². The maximum absolute atomic E-state index is 13.8. The molecule has 0 aliphatic heterocycles. The molecule has 0 heterocycles. The van der Waals surface area contributed by atoms with Gasteiger partial charge in [0.1, 0.15) is 11.6 Å². The number of rotatable bonds is 6. The van der Waals surface area contributed by atoms with Crippen molar-refractivity contribution in [2.75, 3.05) is 13.7 Å². The third-order valence-corrected chi connectivity index (χ3v) is 3.18. The van der Waals surface area contributed by atoms with Gasteiger partial charge in [-0.15, -0.1) is 0 Å². The Bertz CT molecular complexity index is 545. The summed E-state index contributed by atoms with van der Waals surface area (Å²) in [6, 6.07) is 14.1. The average Bonchev–Trinajstić information content (AvgIpc) is 2.50. The molecule has 0 aliphatic carbocycles. The molecule has 0 aromatic heterocycles. The molecule has 0 amide bonds. The molecule has 2 rings (SSSR count). The predicted octanol–water partition coefficient (Wildman–Crippen LogP) is 2.66. The first-order chi connectivity index (χ1) is 9.74. The Morgan fingerprint density at radius 3 is 2.55 bits per heavy atom. The van der Waals surface area contributed by atoms with Gasteiger partial charge in [-0.1, -0.05) is 36.4 Å². The van der Waals surface area contributed by atoms with E-state index >= 15 is 0 Å². The minimum atomic E-state index is -0.318. The molecule has 2 N–H and O–H groups in total. The van der Waals surface area contributed by atoms with Crippen molar-refractivity contribution in [3.63, 3.8) is 0 Å². The molecule has 0 aliphatic rings. The van der Waals surface area contributed by atoms with Gasteiger partial charge in [0.15, 0.2) is 0 Å². The number of hydrogen-bond acceptors (Lipinski definition) is 3. The highest BCUT2D eigenvalue weighted by Crippen LogP contribution is 2.18. The summed E-state index contributed by atoms with van der Waals surface area (Å²) in [6.45, 7) is 0.303. The number of aliphatic hydroxyl groups is 1. The number of benzene rings is 2. The molecular weight excluding hydrogens is 257 g/mol. The van der Waals surface area contributed by atoms with E-state index in [0.717, 1.165) is 5.56 Å². The summed E-state index contributed by atoms with van der Waals surface area (Å²) in [5.41, 5.74) is 1.52. The molecule has 4 heteroatoms. The van der Waals surface area contributed by atoms with Gasteiger partial charge >= 0.3 is 0 Å². The highest BCUT2D eigenvalue weighted by molar-refractivity contribution is 5.29. The molecule has 0 bridgehead atoms. The van der Waals surface area contributed by atoms with Crippen LogP contribution >= 0.6 is 0 Å². The van der Waals surface area contributed by atoms with E-state index in [-0.39, 0.29) is 18.5 Å². The highest BCUT2D eigenvalue weighted by atomic mass is 19.1. The van der Waals surface area contributed by atoms with Gasteiger partial charge in [-0.3, -0.25) is 0 Å². The lowest BCUT2D eigenvalue weighted by Gasteiger charge is -2.17. The van der Waals surface area contributed by atoms with Crippen LogP contribution in [0.5, 0.6) is 5.75 Å². The minimum Gasteiger partial charge on any atom is -0.497 e. The monoisotopic (exact) mass is 275 g/mol. The Kier molecular flexibility index (Phi) is 5.09. The third kappa shape index (κ3) is 3.56. The van der Waals surface area contributed by atoms with Crippen LogP contribution in [0.15, 0.2) is 48.5 Å². The molecule has 1 unspecified atom stereocenters. The van der Waals surface area contributed by atoms with Crippen molar-refractivity contribution in [3.05, 3.63) is 65.5 Å². The van der Waals surface area contributed by atoms with Crippen LogP contribution in [0, 0.1) is 5.82 Å². The number of halogens is 1. The van der Waals surface area contributed by atoms with Gasteiger partial charge in [-0.05, 0) is 11.6 Å². The van der Waals surface area contributed by atoms with Crippen molar-refractivity contribution >= 4 is 0 Å². The second-order valence-electron chi connectivity index (χ2n) is 4.48. The fraction of sp³-hybridized carbons (Fsp3) is 0.250. The fourth-order valence-electron chi connectivity index (χ4n) is 2.00. The fourth-order valence-corrected chi connectivity index (χ4v) is 2.00. The molecule has 2 aromatic carbocycles. The zero-order valence-corrected chi connectivity index (χ0v) is 11.3. The first-order valence-electron chi connectivity index (χ1n) is 6.46. The smallest absolute Gasteiger partial charge is 0.131 e. The first kappa shape index (κ1) is 14.5. The summed E-state index contributed by atoms with van der Waals surface area (Å²) >= 11 is 0. The van der Waals surface area contributed by atoms with Gasteiger partial charge in [0, 0.05) is 18.2 Å². The van der Waals surface area contributed by atoms with Crippen molar-refractivity contribution in [3.8, 4) is 5.75 Å². The maximum atomic E-state index is 13.8. The Morgan fingerprint density at radius 2 is 1.95 bits per heavy atom. The van der Waals surface area contributed by atoms with Gasteiger partial charge < -0.3 is 15.2 Å². The van der Waals surface area contributed by atoms with Gasteiger partial charge in [0.2, 0.25) is 0 Å². The quantitative estimate of drug-likeness (QED) is 0.851. The van der Waals surface area contributed by atoms with Gasteiger partial charge in [0.25, 0.3) is 0 Å². The Balaban J connectivity index is 2.03. The Morgan fingerprint density at radius 1 is 1.20 bits per heavy atom. The van der Waals surface area contributed by atoms with Crippen LogP contribution in [0.4, 0.5) is 4.39 Å². The summed E-state index contributed by atoms with van der Waals surface area (Å²) in [4.78, 5) is 0. The van der Waals surface area contributed by atoms with Gasteiger partial charge in [-0.25, -0.2) is 4.39 Å². The summed E-state index contributed by atoms with van der Waals surface area (Å²) in [5.74, 6) is 0.176. The molecule has 106 valence electrons. The van der Waals surface area contributed by atoms with Crippen LogP contribution in [0.25, 0.3) is 0 Å². The Labute approximate surface area is 118 Å². The van der Waals surface area contributed by atoms with Crippen LogP contribution in [0.2, 0.25) is 0 Å². The zero-order valence-electron chi connectivity index (χ0n) is 11.3. The average molecular weight is 275 g/mol. The number of nitrogens with one attached hydrogen (secondary N) is 1. The van der Waals surface area contributed by atoms with E-state index in [4.69, 9.17) is 4.74 Å². The highest BCUT2D eigenvalue weighted by Gasteiger charge is 2.11. The van der Waals surface area contributed by atoms with E-state index in [0.29, 0.717) is 17.9 Å². The Hall–Kier alpha value is -1.91. The van der Waals surface area contributed by atoms with E-state index < -0.39 is 0 Å². The van der Waals surface area contributed by atoms with Crippen LogP contribution in [0.1, 0.15) is 17.2 Å². The number of hydrogen-bond donors (Lipinski definition) is 2. The second-order valence-corrected chi connectivity index (χ2v) is 4.48. The molecule has 0 saturated carbocycles. The maximum Gasteiger partial charge on any atom is 0.131 e. The SMILES string of the molecule is COc1ccc(CNC(CO)c2ccccc2)c(F)c1. The largest absolute Gasteiger partial charge is 0.497 e. The van der Waals surface area contributed by atoms with Gasteiger partial charge in [-0.2, -0.15) is 0 Å². The summed E-state index contributed by atoms with van der Waals surface area (Å²) in [6.07, 6.45) is 0. The number of ether oxygens (including phenoxy) is 1. The molecule has 0 saturated heterocycles. The lowest BCUT2D eigenvalue weighted by molar-refractivity contribution is 0.243. The molecule has 0 fully saturated rings. The summed E-state index contributed by atoms with van der Waals surface area (Å²) in [5, 5.41) is 12.6. The number of aliphatic hydroxyl groups excluding tert-OH is 1. The lowest BCUT2D eigenvalue weighted by Crippen LogP contribution is -2.24. The first-order valence-corrected chi connectivity index (χ1v) is 6.46.